The van der Waals surface area contributed by atoms with E-state index in [1.165, 1.54) is 37.2 Å². The summed E-state index contributed by atoms with van der Waals surface area (Å²) < 4.78 is 81.6. The number of rotatable bonds is 14. The number of carbonyl (C=O) groups is 1. The van der Waals surface area contributed by atoms with E-state index in [1.54, 1.807) is 25.1 Å². The minimum Gasteiger partial charge on any atom is -0.493 e. The molecule has 43 heavy (non-hydrogen) atoms. The molecule has 3 aromatic rings. The van der Waals surface area contributed by atoms with Crippen molar-refractivity contribution in [1.29, 1.82) is 0 Å². The third-order valence-electron chi connectivity index (χ3n) is 6.14. The highest BCUT2D eigenvalue weighted by molar-refractivity contribution is 6.04. The number of aromatic nitrogens is 2. The largest absolute Gasteiger partial charge is 0.493 e. The highest BCUT2D eigenvalue weighted by Crippen LogP contribution is 2.39. The van der Waals surface area contributed by atoms with Crippen LogP contribution >= 0.6 is 0 Å². The molecule has 0 atom stereocenters. The first kappa shape index (κ1) is 31.3. The summed E-state index contributed by atoms with van der Waals surface area (Å²) in [5, 5.41) is 6.50. The lowest BCUT2D eigenvalue weighted by Crippen LogP contribution is -2.21. The molecule has 0 bridgehead atoms. The van der Waals surface area contributed by atoms with Crippen LogP contribution < -0.4 is 24.3 Å². The van der Waals surface area contributed by atoms with Crippen molar-refractivity contribution in [2.24, 2.45) is 4.99 Å². The molecule has 1 fully saturated rings. The lowest BCUT2D eigenvalue weighted by molar-refractivity contribution is -0.153. The van der Waals surface area contributed by atoms with Gasteiger partial charge in [0.2, 0.25) is 0 Å². The van der Waals surface area contributed by atoms with E-state index in [-0.39, 0.29) is 42.2 Å². The summed E-state index contributed by atoms with van der Waals surface area (Å²) in [6.07, 6.45) is 0.228. The number of halogens is 4. The first-order valence-corrected chi connectivity index (χ1v) is 13.1. The monoisotopic (exact) mass is 606 g/mol. The molecule has 10 nitrogen and oxygen atoms in total. The van der Waals surface area contributed by atoms with Gasteiger partial charge in [0, 0.05) is 23.4 Å². The van der Waals surface area contributed by atoms with E-state index in [0.717, 1.165) is 18.9 Å². The van der Waals surface area contributed by atoms with E-state index >= 15 is 4.39 Å². The van der Waals surface area contributed by atoms with Crippen molar-refractivity contribution in [3.05, 3.63) is 59.7 Å². The topological polar surface area (TPSA) is 105 Å². The van der Waals surface area contributed by atoms with Gasteiger partial charge in [0.1, 0.15) is 5.76 Å². The molecule has 1 saturated carbocycles. The first-order valence-electron chi connectivity index (χ1n) is 13.1. The number of aliphatic imine (C=N–C) groups is 1. The van der Waals surface area contributed by atoms with Crippen LogP contribution in [0.3, 0.4) is 0 Å². The number of methoxy groups -OCH3 is 2. The molecule has 4 rings (SSSR count). The van der Waals surface area contributed by atoms with Crippen molar-refractivity contribution in [2.45, 2.75) is 38.6 Å². The molecule has 1 N–H and O–H groups in total. The molecule has 0 aliphatic heterocycles. The molecule has 0 unspecified atom stereocenters. The summed E-state index contributed by atoms with van der Waals surface area (Å²) >= 11 is 0. The molecule has 0 saturated heterocycles. The Morgan fingerprint density at radius 1 is 1.14 bits per heavy atom. The number of amides is 1. The van der Waals surface area contributed by atoms with Crippen molar-refractivity contribution >= 4 is 29.8 Å². The second-order valence-electron chi connectivity index (χ2n) is 9.32. The van der Waals surface area contributed by atoms with Crippen LogP contribution in [-0.2, 0) is 11.3 Å². The lowest BCUT2D eigenvalue weighted by atomic mass is 10.1. The van der Waals surface area contributed by atoms with Gasteiger partial charge in [-0.05, 0) is 50.8 Å². The van der Waals surface area contributed by atoms with Gasteiger partial charge >= 0.3 is 6.18 Å². The molecule has 2 aromatic carbocycles. The van der Waals surface area contributed by atoms with Gasteiger partial charge in [0.25, 0.3) is 5.91 Å². The van der Waals surface area contributed by atoms with Crippen molar-refractivity contribution in [3.8, 4) is 23.0 Å². The molecule has 0 spiro atoms. The van der Waals surface area contributed by atoms with Gasteiger partial charge in [0.05, 0.1) is 45.4 Å². The predicted molar refractivity (Wildman–Crippen MR) is 150 cm³/mol. The number of nitrogens with zero attached hydrogens (tertiary/aromatic N) is 3. The number of allylic oxidation sites excluding steroid dienone is 1. The first-order chi connectivity index (χ1) is 20.5. The van der Waals surface area contributed by atoms with Gasteiger partial charge in [-0.2, -0.15) is 18.3 Å². The Kier molecular flexibility index (Phi) is 9.91. The highest BCUT2D eigenvalue weighted by Gasteiger charge is 2.30. The standard InChI is InChI=1S/C29H30F4N4O6/c1-5-22(19-13-24(39-3)25(40-4)14-21(19)34-2)43-23-9-6-17(12-20(23)30)35-28(38)27-26(42-16-29(31,32)33)15-37(36-27)10-11-41-18-7-8-18/h5-6,9,12-15,18H,2,7-8,10-11,16H2,1,3-4H3,(H,35,38)/b22-5+. The second kappa shape index (κ2) is 13.6. The van der Waals surface area contributed by atoms with E-state index in [0.29, 0.717) is 22.7 Å². The van der Waals surface area contributed by atoms with Crippen molar-refractivity contribution in [3.63, 3.8) is 0 Å². The number of ether oxygens (including phenoxy) is 5. The Hall–Kier alpha value is -4.59. The molecule has 230 valence electrons. The molecule has 1 aliphatic carbocycles. The Morgan fingerprint density at radius 3 is 2.47 bits per heavy atom. The Morgan fingerprint density at radius 2 is 1.86 bits per heavy atom. The normalized spacial score (nSPS) is 13.4. The minimum absolute atomic E-state index is 0.00447. The summed E-state index contributed by atoms with van der Waals surface area (Å²) in [6.45, 7) is 4.09. The van der Waals surface area contributed by atoms with E-state index in [9.17, 15) is 18.0 Å². The lowest BCUT2D eigenvalue weighted by Gasteiger charge is -2.16. The third-order valence-corrected chi connectivity index (χ3v) is 6.14. The fraction of sp³-hybridized carbons (Fsp3) is 0.345. The SMILES string of the molecule is C=Nc1cc(OC)c(OC)cc1/C(=C\C)Oc1ccc(NC(=O)c2nn(CCOC3CC3)cc2OCC(F)(F)F)cc1F. The van der Waals surface area contributed by atoms with Crippen LogP contribution in [0.4, 0.5) is 28.9 Å². The van der Waals surface area contributed by atoms with Gasteiger partial charge in [0.15, 0.2) is 41.1 Å². The third kappa shape index (κ3) is 8.25. The fourth-order valence-electron chi connectivity index (χ4n) is 3.92. The number of hydrogen-bond acceptors (Lipinski definition) is 8. The summed E-state index contributed by atoms with van der Waals surface area (Å²) in [6, 6.07) is 6.85. The van der Waals surface area contributed by atoms with E-state index < -0.39 is 30.2 Å². The maximum atomic E-state index is 15.1. The average molecular weight is 607 g/mol. The zero-order valence-electron chi connectivity index (χ0n) is 23.7. The van der Waals surface area contributed by atoms with Gasteiger partial charge in [-0.1, -0.05) is 0 Å². The highest BCUT2D eigenvalue weighted by atomic mass is 19.4. The van der Waals surface area contributed by atoms with Crippen LogP contribution in [0.2, 0.25) is 0 Å². The number of alkyl halides is 3. The maximum absolute atomic E-state index is 15.1. The minimum atomic E-state index is -4.63. The molecule has 1 heterocycles. The Labute approximate surface area is 244 Å². The molecule has 1 aliphatic rings. The molecular weight excluding hydrogens is 576 g/mol. The average Bonchev–Trinajstić information content (AvgIpc) is 3.71. The number of benzene rings is 2. The number of anilines is 1. The number of nitrogens with one attached hydrogen (secondary N) is 1. The Balaban J connectivity index is 1.50. The van der Waals surface area contributed by atoms with Gasteiger partial charge in [-0.15, -0.1) is 0 Å². The van der Waals surface area contributed by atoms with Crippen LogP contribution in [0.25, 0.3) is 5.76 Å². The summed E-state index contributed by atoms with van der Waals surface area (Å²) in [5.41, 5.74) is 0.462. The van der Waals surface area contributed by atoms with Crippen molar-refractivity contribution < 1.29 is 46.0 Å². The van der Waals surface area contributed by atoms with E-state index in [1.807, 2.05) is 0 Å². The van der Waals surface area contributed by atoms with Gasteiger partial charge < -0.3 is 29.0 Å². The smallest absolute Gasteiger partial charge is 0.422 e. The van der Waals surface area contributed by atoms with Crippen molar-refractivity contribution in [1.82, 2.24) is 9.78 Å². The van der Waals surface area contributed by atoms with Gasteiger partial charge in [-0.3, -0.25) is 14.5 Å². The quantitative estimate of drug-likeness (QED) is 0.133. The zero-order valence-corrected chi connectivity index (χ0v) is 23.7. The van der Waals surface area contributed by atoms with Crippen LogP contribution in [0.5, 0.6) is 23.0 Å². The van der Waals surface area contributed by atoms with E-state index in [2.05, 4.69) is 22.1 Å². The van der Waals surface area contributed by atoms with E-state index in [4.69, 9.17) is 23.7 Å². The van der Waals surface area contributed by atoms with Crippen LogP contribution in [-0.4, -0.2) is 62.1 Å². The predicted octanol–water partition coefficient (Wildman–Crippen LogP) is 6.18. The molecule has 1 amide bonds. The molecular formula is C29H30F4N4O6. The summed E-state index contributed by atoms with van der Waals surface area (Å²) in [5.74, 6) is -1.23. The van der Waals surface area contributed by atoms with Crippen LogP contribution in [0.1, 0.15) is 35.8 Å². The van der Waals surface area contributed by atoms with Crippen molar-refractivity contribution in [2.75, 3.05) is 32.8 Å². The molecule has 0 radical (unpaired) electrons. The zero-order chi connectivity index (χ0) is 31.1. The summed E-state index contributed by atoms with van der Waals surface area (Å²) in [7, 11) is 2.94. The maximum Gasteiger partial charge on any atom is 0.422 e. The van der Waals surface area contributed by atoms with Crippen LogP contribution in [0, 0.1) is 5.82 Å². The molecule has 14 heteroatoms. The molecule has 1 aromatic heterocycles. The Bertz CT molecular complexity index is 1500. The summed E-state index contributed by atoms with van der Waals surface area (Å²) in [4.78, 5) is 17.0. The van der Waals surface area contributed by atoms with Gasteiger partial charge in [-0.25, -0.2) is 4.39 Å². The number of carbonyl (C=O) groups excluding carboxylic acids is 1. The fourth-order valence-corrected chi connectivity index (χ4v) is 3.92. The van der Waals surface area contributed by atoms with Crippen LogP contribution in [0.15, 0.2) is 47.6 Å². The number of hydrogen-bond donors (Lipinski definition) is 1. The second-order valence-corrected chi connectivity index (χ2v) is 9.32.